The summed E-state index contributed by atoms with van der Waals surface area (Å²) in [7, 11) is 0. The summed E-state index contributed by atoms with van der Waals surface area (Å²) in [5.41, 5.74) is 5.78. The first-order valence-electron chi connectivity index (χ1n) is 5.61. The number of fused-ring (bicyclic) bond motifs is 1. The van der Waals surface area contributed by atoms with Crippen molar-refractivity contribution in [3.63, 3.8) is 0 Å². The molecule has 6 heteroatoms. The van der Waals surface area contributed by atoms with Crippen molar-refractivity contribution in [2.24, 2.45) is 0 Å². The van der Waals surface area contributed by atoms with Crippen LogP contribution in [0.25, 0.3) is 10.2 Å². The maximum absolute atomic E-state index is 5.78. The molecule has 2 aromatic heterocycles. The Labute approximate surface area is 108 Å². The van der Waals surface area contributed by atoms with Crippen LogP contribution in [-0.4, -0.2) is 34.1 Å². The third kappa shape index (κ3) is 2.07. The molecule has 0 aliphatic carbocycles. The minimum absolute atomic E-state index is 0.376. The first kappa shape index (κ1) is 11.1. The van der Waals surface area contributed by atoms with E-state index in [1.165, 1.54) is 0 Å². The molecule has 2 aromatic rings. The van der Waals surface area contributed by atoms with Crippen LogP contribution in [0.4, 0.5) is 11.8 Å². The van der Waals surface area contributed by atoms with Crippen LogP contribution in [0.5, 0.6) is 0 Å². The van der Waals surface area contributed by atoms with Crippen molar-refractivity contribution >= 4 is 45.1 Å². The Balaban J connectivity index is 2.06. The molecule has 4 nitrogen and oxygen atoms in total. The molecule has 1 saturated heterocycles. The van der Waals surface area contributed by atoms with Gasteiger partial charge in [0.15, 0.2) is 0 Å². The van der Waals surface area contributed by atoms with E-state index in [0.717, 1.165) is 34.9 Å². The van der Waals surface area contributed by atoms with Crippen LogP contribution in [0.15, 0.2) is 11.4 Å². The molecule has 0 aromatic carbocycles. The summed E-state index contributed by atoms with van der Waals surface area (Å²) < 4.78 is 0. The van der Waals surface area contributed by atoms with Crippen molar-refractivity contribution in [3.8, 4) is 0 Å². The van der Waals surface area contributed by atoms with Crippen LogP contribution in [0, 0.1) is 0 Å². The number of thioether (sulfide) groups is 1. The minimum atomic E-state index is 0.376. The Morgan fingerprint density at radius 2 is 2.35 bits per heavy atom. The average Bonchev–Trinajstić information content (AvgIpc) is 2.75. The monoisotopic (exact) mass is 266 g/mol. The normalized spacial score (nSPS) is 21.0. The fourth-order valence-corrected chi connectivity index (χ4v) is 3.89. The molecular weight excluding hydrogens is 252 g/mol. The standard InChI is InChI=1S/C11H14N4S2/c1-7-6-15(3-5-16-7)9-8-2-4-17-10(8)14-11(12)13-9/h2,4,7H,3,5-6H2,1H3,(H2,12,13,14). The van der Waals surface area contributed by atoms with E-state index in [2.05, 4.69) is 27.9 Å². The van der Waals surface area contributed by atoms with E-state index in [0.29, 0.717) is 11.2 Å². The van der Waals surface area contributed by atoms with Crippen molar-refractivity contribution < 1.29 is 0 Å². The highest BCUT2D eigenvalue weighted by Crippen LogP contribution is 2.31. The van der Waals surface area contributed by atoms with E-state index in [1.54, 1.807) is 11.3 Å². The highest BCUT2D eigenvalue weighted by Gasteiger charge is 2.20. The zero-order valence-electron chi connectivity index (χ0n) is 9.59. The van der Waals surface area contributed by atoms with Gasteiger partial charge in [-0.25, -0.2) is 4.98 Å². The van der Waals surface area contributed by atoms with E-state index < -0.39 is 0 Å². The Morgan fingerprint density at radius 1 is 1.47 bits per heavy atom. The largest absolute Gasteiger partial charge is 0.368 e. The lowest BCUT2D eigenvalue weighted by Gasteiger charge is -2.31. The third-order valence-electron chi connectivity index (χ3n) is 2.86. The summed E-state index contributed by atoms with van der Waals surface area (Å²) in [6.07, 6.45) is 0. The first-order chi connectivity index (χ1) is 8.24. The number of hydrogen-bond donors (Lipinski definition) is 1. The number of nitrogens with two attached hydrogens (primary N) is 1. The molecule has 17 heavy (non-hydrogen) atoms. The van der Waals surface area contributed by atoms with Gasteiger partial charge in [0.1, 0.15) is 10.6 Å². The minimum Gasteiger partial charge on any atom is -0.368 e. The molecule has 0 amide bonds. The predicted molar refractivity (Wildman–Crippen MR) is 76.0 cm³/mol. The van der Waals surface area contributed by atoms with E-state index in [-0.39, 0.29) is 0 Å². The SMILES string of the molecule is CC1CN(c2nc(N)nc3sccc23)CCS1. The van der Waals surface area contributed by atoms with E-state index in [4.69, 9.17) is 5.73 Å². The molecule has 0 saturated carbocycles. The van der Waals surface area contributed by atoms with Crippen molar-refractivity contribution in [3.05, 3.63) is 11.4 Å². The second-order valence-corrected chi connectivity index (χ2v) is 6.61. The topological polar surface area (TPSA) is 55.0 Å². The van der Waals surface area contributed by atoms with Crippen LogP contribution in [0.3, 0.4) is 0 Å². The summed E-state index contributed by atoms with van der Waals surface area (Å²) in [6, 6.07) is 2.08. The number of hydrogen-bond acceptors (Lipinski definition) is 6. The van der Waals surface area contributed by atoms with Crippen molar-refractivity contribution in [1.29, 1.82) is 0 Å². The van der Waals surface area contributed by atoms with Gasteiger partial charge in [-0.15, -0.1) is 11.3 Å². The van der Waals surface area contributed by atoms with Crippen molar-refractivity contribution in [1.82, 2.24) is 9.97 Å². The van der Waals surface area contributed by atoms with E-state index in [1.807, 2.05) is 17.1 Å². The van der Waals surface area contributed by atoms with E-state index >= 15 is 0 Å². The molecule has 1 aliphatic heterocycles. The first-order valence-corrected chi connectivity index (χ1v) is 7.54. The fourth-order valence-electron chi connectivity index (χ4n) is 2.11. The maximum atomic E-state index is 5.78. The molecule has 0 spiro atoms. The number of nitrogen functional groups attached to an aromatic ring is 1. The summed E-state index contributed by atoms with van der Waals surface area (Å²) >= 11 is 3.63. The molecular formula is C11H14N4S2. The van der Waals surface area contributed by atoms with E-state index in [9.17, 15) is 0 Å². The second kappa shape index (κ2) is 4.34. The summed E-state index contributed by atoms with van der Waals surface area (Å²) in [4.78, 5) is 12.0. The molecule has 1 aliphatic rings. The molecule has 3 heterocycles. The smallest absolute Gasteiger partial charge is 0.223 e. The molecule has 1 atom stereocenters. The predicted octanol–water partition coefficient (Wildman–Crippen LogP) is 2.22. The molecule has 3 rings (SSSR count). The third-order valence-corrected chi connectivity index (χ3v) is 4.81. The van der Waals surface area contributed by atoms with Gasteiger partial charge < -0.3 is 10.6 Å². The van der Waals surface area contributed by atoms with Gasteiger partial charge in [-0.1, -0.05) is 6.92 Å². The quantitative estimate of drug-likeness (QED) is 0.857. The second-order valence-electron chi connectivity index (χ2n) is 4.17. The molecule has 1 unspecified atom stereocenters. The van der Waals surface area contributed by atoms with Gasteiger partial charge in [0, 0.05) is 24.1 Å². The Bertz CT molecular complexity index is 539. The lowest BCUT2D eigenvalue weighted by molar-refractivity contribution is 0.773. The summed E-state index contributed by atoms with van der Waals surface area (Å²) in [6.45, 7) is 4.33. The van der Waals surface area contributed by atoms with Crippen LogP contribution < -0.4 is 10.6 Å². The molecule has 1 fully saturated rings. The maximum Gasteiger partial charge on any atom is 0.223 e. The summed E-state index contributed by atoms with van der Waals surface area (Å²) in [5, 5.41) is 3.82. The van der Waals surface area contributed by atoms with Gasteiger partial charge in [-0.05, 0) is 11.4 Å². The number of nitrogens with zero attached hydrogens (tertiary/aromatic N) is 3. The van der Waals surface area contributed by atoms with Gasteiger partial charge in [0.2, 0.25) is 5.95 Å². The zero-order chi connectivity index (χ0) is 11.8. The molecule has 0 bridgehead atoms. The molecule has 90 valence electrons. The highest BCUT2D eigenvalue weighted by molar-refractivity contribution is 8.00. The van der Waals surface area contributed by atoms with Crippen LogP contribution >= 0.6 is 23.1 Å². The number of rotatable bonds is 1. The van der Waals surface area contributed by atoms with Gasteiger partial charge in [0.25, 0.3) is 0 Å². The molecule has 2 N–H and O–H groups in total. The van der Waals surface area contributed by atoms with Gasteiger partial charge in [0.05, 0.1) is 5.39 Å². The average molecular weight is 266 g/mol. The van der Waals surface area contributed by atoms with Gasteiger partial charge in [-0.2, -0.15) is 16.7 Å². The Hall–Kier alpha value is -1.01. The van der Waals surface area contributed by atoms with Gasteiger partial charge >= 0.3 is 0 Å². The van der Waals surface area contributed by atoms with Crippen molar-refractivity contribution in [2.75, 3.05) is 29.5 Å². The highest BCUT2D eigenvalue weighted by atomic mass is 32.2. The molecule has 0 radical (unpaired) electrons. The lowest BCUT2D eigenvalue weighted by atomic mass is 10.3. The van der Waals surface area contributed by atoms with Crippen LogP contribution in [0.2, 0.25) is 0 Å². The number of anilines is 2. The zero-order valence-corrected chi connectivity index (χ0v) is 11.2. The van der Waals surface area contributed by atoms with Crippen LogP contribution in [-0.2, 0) is 0 Å². The van der Waals surface area contributed by atoms with Crippen molar-refractivity contribution in [2.45, 2.75) is 12.2 Å². The lowest BCUT2D eigenvalue weighted by Crippen LogP contribution is -2.37. The fraction of sp³-hybridized carbons (Fsp3) is 0.455. The Kier molecular flexibility index (Phi) is 2.84. The van der Waals surface area contributed by atoms with Gasteiger partial charge in [-0.3, -0.25) is 0 Å². The number of thiophene rings is 1. The summed E-state index contributed by atoms with van der Waals surface area (Å²) in [5.74, 6) is 2.53. The van der Waals surface area contributed by atoms with Crippen LogP contribution in [0.1, 0.15) is 6.92 Å². The number of aromatic nitrogens is 2. The Morgan fingerprint density at radius 3 is 3.18 bits per heavy atom.